The fraction of sp³-hybridized carbons (Fsp3) is 0.391. The van der Waals surface area contributed by atoms with Crippen LogP contribution >= 0.6 is 0 Å². The molecule has 156 valence electrons. The van der Waals surface area contributed by atoms with E-state index in [9.17, 15) is 9.59 Å². The minimum absolute atomic E-state index is 0.199. The fourth-order valence-electron chi connectivity index (χ4n) is 2.62. The Kier molecular flexibility index (Phi) is 8.07. The van der Waals surface area contributed by atoms with Crippen molar-refractivity contribution in [2.75, 3.05) is 6.61 Å². The molecule has 0 aliphatic carbocycles. The highest BCUT2D eigenvalue weighted by atomic mass is 16.5. The van der Waals surface area contributed by atoms with Crippen LogP contribution in [0.15, 0.2) is 42.5 Å². The summed E-state index contributed by atoms with van der Waals surface area (Å²) in [7, 11) is 0. The maximum Gasteiger partial charge on any atom is 0.279 e. The second-order valence-electron chi connectivity index (χ2n) is 7.23. The zero-order valence-electron chi connectivity index (χ0n) is 17.7. The molecule has 0 spiro atoms. The van der Waals surface area contributed by atoms with Gasteiger partial charge in [-0.1, -0.05) is 38.1 Å². The number of hydrazine groups is 1. The number of hydrogen-bond donors (Lipinski definition) is 2. The summed E-state index contributed by atoms with van der Waals surface area (Å²) < 4.78 is 11.2. The zero-order valence-corrected chi connectivity index (χ0v) is 17.7. The summed E-state index contributed by atoms with van der Waals surface area (Å²) in [5.41, 5.74) is 7.91. The number of carbonyl (C=O) groups is 2. The first kappa shape index (κ1) is 22.3. The molecule has 0 heterocycles. The predicted octanol–water partition coefficient (Wildman–Crippen LogP) is 3.81. The summed E-state index contributed by atoms with van der Waals surface area (Å²) >= 11 is 0. The maximum atomic E-state index is 12.2. The third kappa shape index (κ3) is 6.82. The molecule has 0 aliphatic heterocycles. The summed E-state index contributed by atoms with van der Waals surface area (Å²) in [6.07, 6.45) is 0.304. The Balaban J connectivity index is 1.76. The summed E-state index contributed by atoms with van der Waals surface area (Å²) in [6.45, 7) is 9.59. The molecule has 6 nitrogen and oxygen atoms in total. The lowest BCUT2D eigenvalue weighted by Gasteiger charge is -2.17. The highest BCUT2D eigenvalue weighted by molar-refractivity contribution is 5.85. The molecule has 0 aliphatic rings. The highest BCUT2D eigenvalue weighted by Crippen LogP contribution is 2.22. The van der Waals surface area contributed by atoms with Crippen LogP contribution in [-0.2, 0) is 9.59 Å². The van der Waals surface area contributed by atoms with Gasteiger partial charge in [-0.05, 0) is 68.0 Å². The van der Waals surface area contributed by atoms with Crippen LogP contribution in [0.1, 0.15) is 49.8 Å². The lowest BCUT2D eigenvalue weighted by atomic mass is 9.99. The normalized spacial score (nSPS) is 12.6. The van der Waals surface area contributed by atoms with E-state index in [0.29, 0.717) is 17.4 Å². The number of rotatable bonds is 8. The summed E-state index contributed by atoms with van der Waals surface area (Å²) in [4.78, 5) is 24.1. The van der Waals surface area contributed by atoms with Gasteiger partial charge in [-0.3, -0.25) is 20.4 Å². The molecule has 2 unspecified atom stereocenters. The Hall–Kier alpha value is -3.02. The third-order valence-electron chi connectivity index (χ3n) is 4.77. The first-order chi connectivity index (χ1) is 13.8. The van der Waals surface area contributed by atoms with Crippen molar-refractivity contribution in [2.24, 2.45) is 0 Å². The number of carbonyl (C=O) groups excluding carboxylic acids is 2. The van der Waals surface area contributed by atoms with Gasteiger partial charge >= 0.3 is 0 Å². The molecule has 6 heteroatoms. The lowest BCUT2D eigenvalue weighted by molar-refractivity contribution is -0.133. The molecule has 29 heavy (non-hydrogen) atoms. The van der Waals surface area contributed by atoms with Crippen LogP contribution in [0.3, 0.4) is 0 Å². The SMILES string of the molecule is CCC(C)c1ccc(OCC(=O)NNC(=O)C(C)Oc2cc(C)ccc2C)cc1. The van der Waals surface area contributed by atoms with Crippen LogP contribution in [0.4, 0.5) is 0 Å². The standard InChI is InChI=1S/C23H30N2O4/c1-6-16(3)19-9-11-20(12-10-19)28-14-22(26)24-25-23(27)18(5)29-21-13-15(2)7-8-17(21)4/h7-13,16,18H,6,14H2,1-5H3,(H,24,26)(H,25,27). The van der Waals surface area contributed by atoms with Crippen molar-refractivity contribution in [3.05, 3.63) is 59.2 Å². The van der Waals surface area contributed by atoms with Crippen LogP contribution in [0, 0.1) is 13.8 Å². The number of hydrogen-bond acceptors (Lipinski definition) is 4. The molecule has 0 saturated heterocycles. The molecule has 0 radical (unpaired) electrons. The van der Waals surface area contributed by atoms with E-state index in [4.69, 9.17) is 9.47 Å². The van der Waals surface area contributed by atoms with Gasteiger partial charge in [-0.15, -0.1) is 0 Å². The van der Waals surface area contributed by atoms with Gasteiger partial charge in [0.25, 0.3) is 11.8 Å². The largest absolute Gasteiger partial charge is 0.484 e. The van der Waals surface area contributed by atoms with E-state index in [1.54, 1.807) is 6.92 Å². The van der Waals surface area contributed by atoms with Crippen molar-refractivity contribution in [1.29, 1.82) is 0 Å². The molecular weight excluding hydrogens is 368 g/mol. The Morgan fingerprint density at radius 3 is 2.34 bits per heavy atom. The molecule has 2 atom stereocenters. The summed E-state index contributed by atoms with van der Waals surface area (Å²) in [5.74, 6) is 0.823. The molecule has 2 aromatic carbocycles. The summed E-state index contributed by atoms with van der Waals surface area (Å²) in [5, 5.41) is 0. The number of nitrogens with one attached hydrogen (secondary N) is 2. The minimum atomic E-state index is -0.759. The van der Waals surface area contributed by atoms with Gasteiger partial charge in [-0.2, -0.15) is 0 Å². The third-order valence-corrected chi connectivity index (χ3v) is 4.77. The van der Waals surface area contributed by atoms with Crippen molar-refractivity contribution in [2.45, 2.75) is 53.1 Å². The zero-order chi connectivity index (χ0) is 21.4. The quantitative estimate of drug-likeness (QED) is 0.663. The molecule has 0 aromatic heterocycles. The first-order valence-corrected chi connectivity index (χ1v) is 9.85. The van der Waals surface area contributed by atoms with Gasteiger partial charge in [0.2, 0.25) is 0 Å². The van der Waals surface area contributed by atoms with Crippen LogP contribution in [0.25, 0.3) is 0 Å². The Morgan fingerprint density at radius 2 is 1.69 bits per heavy atom. The van der Waals surface area contributed by atoms with Gasteiger partial charge < -0.3 is 9.47 Å². The number of aryl methyl sites for hydroxylation is 2. The molecule has 2 N–H and O–H groups in total. The molecule has 0 fully saturated rings. The smallest absolute Gasteiger partial charge is 0.279 e. The second-order valence-corrected chi connectivity index (χ2v) is 7.23. The molecule has 2 amide bonds. The van der Waals surface area contributed by atoms with Crippen LogP contribution in [0.5, 0.6) is 11.5 Å². The molecule has 0 bridgehead atoms. The molecule has 2 aromatic rings. The molecule has 0 saturated carbocycles. The van der Waals surface area contributed by atoms with Gasteiger partial charge in [0.05, 0.1) is 0 Å². The monoisotopic (exact) mass is 398 g/mol. The van der Waals surface area contributed by atoms with Gasteiger partial charge in [0.15, 0.2) is 12.7 Å². The maximum absolute atomic E-state index is 12.2. The van der Waals surface area contributed by atoms with Crippen LogP contribution in [0.2, 0.25) is 0 Å². The van der Waals surface area contributed by atoms with E-state index in [2.05, 4.69) is 24.7 Å². The van der Waals surface area contributed by atoms with Crippen molar-refractivity contribution < 1.29 is 19.1 Å². The van der Waals surface area contributed by atoms with E-state index in [0.717, 1.165) is 17.5 Å². The van der Waals surface area contributed by atoms with Crippen molar-refractivity contribution in [1.82, 2.24) is 10.9 Å². The lowest BCUT2D eigenvalue weighted by Crippen LogP contribution is -2.48. The van der Waals surface area contributed by atoms with Crippen molar-refractivity contribution in [3.8, 4) is 11.5 Å². The average molecular weight is 399 g/mol. The van der Waals surface area contributed by atoms with Crippen molar-refractivity contribution >= 4 is 11.8 Å². The number of amides is 2. The topological polar surface area (TPSA) is 76.7 Å². The van der Waals surface area contributed by atoms with E-state index in [1.165, 1.54) is 5.56 Å². The average Bonchev–Trinajstić information content (AvgIpc) is 2.72. The van der Waals surface area contributed by atoms with Crippen molar-refractivity contribution in [3.63, 3.8) is 0 Å². The van der Waals surface area contributed by atoms with Gasteiger partial charge in [0.1, 0.15) is 11.5 Å². The number of benzene rings is 2. The molecule has 2 rings (SSSR count). The predicted molar refractivity (Wildman–Crippen MR) is 113 cm³/mol. The second kappa shape index (κ2) is 10.5. The number of ether oxygens (including phenoxy) is 2. The van der Waals surface area contributed by atoms with Crippen LogP contribution in [-0.4, -0.2) is 24.5 Å². The Labute approximate surface area is 172 Å². The van der Waals surface area contributed by atoms with E-state index < -0.39 is 17.9 Å². The minimum Gasteiger partial charge on any atom is -0.484 e. The fourth-order valence-corrected chi connectivity index (χ4v) is 2.62. The highest BCUT2D eigenvalue weighted by Gasteiger charge is 2.16. The van der Waals surface area contributed by atoms with E-state index in [-0.39, 0.29) is 6.61 Å². The van der Waals surface area contributed by atoms with Gasteiger partial charge in [-0.25, -0.2) is 0 Å². The Morgan fingerprint density at radius 1 is 1.00 bits per heavy atom. The van der Waals surface area contributed by atoms with Crippen LogP contribution < -0.4 is 20.3 Å². The van der Waals surface area contributed by atoms with E-state index in [1.807, 2.05) is 56.3 Å². The first-order valence-electron chi connectivity index (χ1n) is 9.85. The molecular formula is C23H30N2O4. The van der Waals surface area contributed by atoms with Gasteiger partial charge in [0, 0.05) is 0 Å². The summed E-state index contributed by atoms with van der Waals surface area (Å²) in [6, 6.07) is 13.5. The van der Waals surface area contributed by atoms with E-state index >= 15 is 0 Å². The Bertz CT molecular complexity index is 833.